The van der Waals surface area contributed by atoms with E-state index in [0.717, 1.165) is 38.8 Å². The second-order valence-electron chi connectivity index (χ2n) is 7.64. The Labute approximate surface area is 152 Å². The molecule has 24 heavy (non-hydrogen) atoms. The maximum Gasteiger partial charge on any atom is 0.193 e. The Morgan fingerprint density at radius 2 is 2.12 bits per heavy atom. The minimum Gasteiger partial charge on any atom is -0.381 e. The van der Waals surface area contributed by atoms with Crippen LogP contribution in [0.25, 0.3) is 0 Å². The van der Waals surface area contributed by atoms with Gasteiger partial charge in [-0.2, -0.15) is 0 Å². The van der Waals surface area contributed by atoms with Crippen LogP contribution in [0.5, 0.6) is 0 Å². The number of nitrogens with zero attached hydrogens (tertiary/aromatic N) is 2. The van der Waals surface area contributed by atoms with E-state index in [9.17, 15) is 0 Å². The predicted molar refractivity (Wildman–Crippen MR) is 100 cm³/mol. The summed E-state index contributed by atoms with van der Waals surface area (Å²) < 4.78 is 6.87. The van der Waals surface area contributed by atoms with Gasteiger partial charge in [0.1, 0.15) is 0 Å². The summed E-state index contributed by atoms with van der Waals surface area (Å²) in [6.07, 6.45) is 4.92. The first-order valence-electron chi connectivity index (χ1n) is 8.95. The van der Waals surface area contributed by atoms with Gasteiger partial charge in [-0.1, -0.05) is 34.1 Å². The topological polar surface area (TPSA) is 36.9 Å². The molecule has 3 aliphatic rings. The van der Waals surface area contributed by atoms with E-state index in [0.29, 0.717) is 5.41 Å². The fraction of sp³-hybridized carbons (Fsp3) is 0.632. The number of hydrogen-bond acceptors (Lipinski definition) is 2. The fourth-order valence-electron chi connectivity index (χ4n) is 4.25. The molecule has 1 aromatic carbocycles. The third kappa shape index (κ3) is 2.97. The standard InChI is InChI=1S/C19H26BrN3O/c1-21-17(23-10-8-18(13-23)9-11-24-14-18)22-12-19(6-7-19)15-4-2-3-5-16(15)20/h2-5H,6-14H2,1H3,(H,21,22). The molecule has 1 spiro atoms. The van der Waals surface area contributed by atoms with Crippen molar-refractivity contribution in [2.75, 3.05) is 39.9 Å². The van der Waals surface area contributed by atoms with Gasteiger partial charge in [-0.25, -0.2) is 0 Å². The third-order valence-electron chi connectivity index (χ3n) is 6.02. The van der Waals surface area contributed by atoms with E-state index in [1.807, 2.05) is 7.05 Å². The second kappa shape index (κ2) is 6.34. The van der Waals surface area contributed by atoms with Crippen molar-refractivity contribution < 1.29 is 4.74 Å². The number of nitrogens with one attached hydrogen (secondary N) is 1. The van der Waals surface area contributed by atoms with E-state index in [4.69, 9.17) is 4.74 Å². The number of ether oxygens (including phenoxy) is 1. The number of halogens is 1. The van der Waals surface area contributed by atoms with Crippen molar-refractivity contribution in [3.05, 3.63) is 34.3 Å². The minimum atomic E-state index is 0.268. The van der Waals surface area contributed by atoms with Crippen molar-refractivity contribution >= 4 is 21.9 Å². The molecule has 130 valence electrons. The van der Waals surface area contributed by atoms with E-state index in [2.05, 4.69) is 55.4 Å². The lowest BCUT2D eigenvalue weighted by molar-refractivity contribution is 0.156. The number of hydrogen-bond donors (Lipinski definition) is 1. The van der Waals surface area contributed by atoms with Crippen LogP contribution in [-0.2, 0) is 10.2 Å². The molecular formula is C19H26BrN3O. The van der Waals surface area contributed by atoms with E-state index in [1.165, 1.54) is 35.7 Å². The fourth-order valence-corrected chi connectivity index (χ4v) is 4.96. The van der Waals surface area contributed by atoms with Crippen molar-refractivity contribution in [3.63, 3.8) is 0 Å². The Morgan fingerprint density at radius 1 is 1.29 bits per heavy atom. The molecule has 2 aliphatic heterocycles. The smallest absolute Gasteiger partial charge is 0.193 e. The Morgan fingerprint density at radius 3 is 2.79 bits per heavy atom. The Kier molecular flexibility index (Phi) is 4.33. The van der Waals surface area contributed by atoms with Crippen LogP contribution in [0.3, 0.4) is 0 Å². The third-order valence-corrected chi connectivity index (χ3v) is 6.71. The molecule has 1 aliphatic carbocycles. The molecule has 1 aromatic rings. The molecule has 0 bridgehead atoms. The highest BCUT2D eigenvalue weighted by Crippen LogP contribution is 2.50. The number of guanidine groups is 1. The molecule has 4 nitrogen and oxygen atoms in total. The summed E-state index contributed by atoms with van der Waals surface area (Å²) in [7, 11) is 1.90. The molecule has 1 saturated carbocycles. The molecule has 3 fully saturated rings. The Hall–Kier alpha value is -1.07. The van der Waals surface area contributed by atoms with Crippen LogP contribution < -0.4 is 5.32 Å². The first-order valence-corrected chi connectivity index (χ1v) is 9.74. The highest BCUT2D eigenvalue weighted by atomic mass is 79.9. The van der Waals surface area contributed by atoms with Crippen LogP contribution in [-0.4, -0.2) is 50.8 Å². The average molecular weight is 392 g/mol. The largest absolute Gasteiger partial charge is 0.381 e. The zero-order chi connectivity index (χ0) is 16.6. The van der Waals surface area contributed by atoms with E-state index in [1.54, 1.807) is 0 Å². The van der Waals surface area contributed by atoms with Gasteiger partial charge in [0.2, 0.25) is 0 Å². The maximum absolute atomic E-state index is 5.65. The Balaban J connectivity index is 1.41. The lowest BCUT2D eigenvalue weighted by Crippen LogP contribution is -2.44. The second-order valence-corrected chi connectivity index (χ2v) is 8.49. The predicted octanol–water partition coefficient (Wildman–Crippen LogP) is 3.17. The molecular weight excluding hydrogens is 366 g/mol. The van der Waals surface area contributed by atoms with Gasteiger partial charge >= 0.3 is 0 Å². The lowest BCUT2D eigenvalue weighted by Gasteiger charge is -2.27. The number of aliphatic imine (C=N–C) groups is 1. The van der Waals surface area contributed by atoms with Gasteiger partial charge in [0.15, 0.2) is 5.96 Å². The highest BCUT2D eigenvalue weighted by Gasteiger charge is 2.46. The Bertz CT molecular complexity index is 635. The van der Waals surface area contributed by atoms with Crippen molar-refractivity contribution in [1.82, 2.24) is 10.2 Å². The molecule has 2 saturated heterocycles. The molecule has 1 atom stereocenters. The zero-order valence-corrected chi connectivity index (χ0v) is 15.9. The first-order chi connectivity index (χ1) is 11.7. The lowest BCUT2D eigenvalue weighted by atomic mass is 9.87. The van der Waals surface area contributed by atoms with Crippen LogP contribution in [0, 0.1) is 5.41 Å². The van der Waals surface area contributed by atoms with E-state index in [-0.39, 0.29) is 5.41 Å². The molecule has 0 amide bonds. The SMILES string of the molecule is CN=C(NCC1(c2ccccc2Br)CC1)N1CCC2(CCOC2)C1. The van der Waals surface area contributed by atoms with Crippen LogP contribution in [0.2, 0.25) is 0 Å². The molecule has 0 radical (unpaired) electrons. The highest BCUT2D eigenvalue weighted by molar-refractivity contribution is 9.10. The van der Waals surface area contributed by atoms with Crippen LogP contribution in [0.1, 0.15) is 31.2 Å². The molecule has 1 unspecified atom stereocenters. The molecule has 4 rings (SSSR count). The van der Waals surface area contributed by atoms with Gasteiger partial charge in [-0.05, 0) is 37.3 Å². The van der Waals surface area contributed by atoms with Crippen molar-refractivity contribution in [3.8, 4) is 0 Å². The van der Waals surface area contributed by atoms with Crippen LogP contribution in [0.4, 0.5) is 0 Å². The minimum absolute atomic E-state index is 0.268. The van der Waals surface area contributed by atoms with Gasteiger partial charge in [-0.15, -0.1) is 0 Å². The number of rotatable bonds is 3. The van der Waals surface area contributed by atoms with Crippen molar-refractivity contribution in [2.24, 2.45) is 10.4 Å². The number of benzene rings is 1. The monoisotopic (exact) mass is 391 g/mol. The molecule has 0 aromatic heterocycles. The van der Waals surface area contributed by atoms with Gasteiger partial charge in [-0.3, -0.25) is 4.99 Å². The van der Waals surface area contributed by atoms with Gasteiger partial charge in [0.05, 0.1) is 6.61 Å². The average Bonchev–Trinajstić information content (AvgIpc) is 3.05. The zero-order valence-electron chi connectivity index (χ0n) is 14.4. The first kappa shape index (κ1) is 16.4. The summed E-state index contributed by atoms with van der Waals surface area (Å²) in [4.78, 5) is 6.97. The van der Waals surface area contributed by atoms with Crippen LogP contribution >= 0.6 is 15.9 Å². The summed E-state index contributed by atoms with van der Waals surface area (Å²) in [5.41, 5.74) is 2.07. The van der Waals surface area contributed by atoms with Crippen LogP contribution in [0.15, 0.2) is 33.7 Å². The summed E-state index contributed by atoms with van der Waals surface area (Å²) in [5, 5.41) is 3.66. The van der Waals surface area contributed by atoms with Gasteiger partial charge in [0, 0.05) is 48.6 Å². The maximum atomic E-state index is 5.65. The summed E-state index contributed by atoms with van der Waals surface area (Å²) in [5.74, 6) is 1.05. The normalized spacial score (nSPS) is 28.6. The van der Waals surface area contributed by atoms with Gasteiger partial charge in [0.25, 0.3) is 0 Å². The van der Waals surface area contributed by atoms with Crippen molar-refractivity contribution in [1.29, 1.82) is 0 Å². The quantitative estimate of drug-likeness (QED) is 0.634. The van der Waals surface area contributed by atoms with Crippen molar-refractivity contribution in [2.45, 2.75) is 31.1 Å². The summed E-state index contributed by atoms with van der Waals surface area (Å²) in [6.45, 7) is 4.97. The molecule has 1 N–H and O–H groups in total. The van der Waals surface area contributed by atoms with Gasteiger partial charge < -0.3 is 15.0 Å². The summed E-state index contributed by atoms with van der Waals surface area (Å²) >= 11 is 3.72. The molecule has 2 heterocycles. The van der Waals surface area contributed by atoms with E-state index >= 15 is 0 Å². The van der Waals surface area contributed by atoms with E-state index < -0.39 is 0 Å². The summed E-state index contributed by atoms with van der Waals surface area (Å²) in [6, 6.07) is 8.62. The number of likely N-dealkylation sites (tertiary alicyclic amines) is 1. The molecule has 5 heteroatoms.